The lowest BCUT2D eigenvalue weighted by Crippen LogP contribution is -2.34. The highest BCUT2D eigenvalue weighted by molar-refractivity contribution is 6.05. The molecule has 12 heteroatoms. The molecule has 0 bridgehead atoms. The molecular weight excluding hydrogens is 507 g/mol. The number of nitrogens with one attached hydrogen (secondary N) is 3. The topological polar surface area (TPSA) is 140 Å². The zero-order valence-corrected chi connectivity index (χ0v) is 21.4. The Morgan fingerprint density at radius 3 is 2.54 bits per heavy atom. The molecule has 2 aromatic heterocycles. The van der Waals surface area contributed by atoms with E-state index in [0.29, 0.717) is 11.4 Å². The molecular formula is C27H27FN6O5. The Labute approximate surface area is 222 Å². The molecule has 39 heavy (non-hydrogen) atoms. The van der Waals surface area contributed by atoms with Crippen molar-refractivity contribution >= 4 is 23.4 Å². The number of aliphatic hydroxyl groups is 1. The van der Waals surface area contributed by atoms with E-state index >= 15 is 0 Å². The largest absolute Gasteiger partial charge is 0.454 e. The average Bonchev–Trinajstić information content (AvgIpc) is 3.12. The second-order valence-corrected chi connectivity index (χ2v) is 8.70. The normalized spacial score (nSPS) is 11.5. The maximum absolute atomic E-state index is 14.9. The van der Waals surface area contributed by atoms with E-state index in [0.717, 1.165) is 6.07 Å². The van der Waals surface area contributed by atoms with Crippen molar-refractivity contribution in [2.24, 2.45) is 7.05 Å². The maximum Gasteiger partial charge on any atom is 0.320 e. The molecule has 4 aromatic rings. The van der Waals surface area contributed by atoms with E-state index < -0.39 is 29.4 Å². The standard InChI is InChI=1S/C27H27FN6O5/c1-16(35)15-30-27(38)32-23-14-20(11-12-29-23)39-22-10-9-18(13-21(22)28)31-25(36)24-17(2)33(3)34(26(24)37)19-7-5-4-6-8-19/h4-14,16,35H,15H2,1-3H3,(H,31,36)(H2,29,30,32,38). The van der Waals surface area contributed by atoms with Gasteiger partial charge in [0.15, 0.2) is 11.6 Å². The highest BCUT2D eigenvalue weighted by atomic mass is 19.1. The monoisotopic (exact) mass is 534 g/mol. The lowest BCUT2D eigenvalue weighted by molar-refractivity contribution is 0.102. The van der Waals surface area contributed by atoms with Crippen LogP contribution >= 0.6 is 0 Å². The molecule has 0 aliphatic heterocycles. The summed E-state index contributed by atoms with van der Waals surface area (Å²) in [6.45, 7) is 3.24. The summed E-state index contributed by atoms with van der Waals surface area (Å²) in [5.74, 6) is -1.21. The van der Waals surface area contributed by atoms with Crippen LogP contribution in [0, 0.1) is 12.7 Å². The zero-order chi connectivity index (χ0) is 28.1. The van der Waals surface area contributed by atoms with Crippen molar-refractivity contribution in [1.82, 2.24) is 19.7 Å². The number of amides is 3. The van der Waals surface area contributed by atoms with Crippen LogP contribution < -0.4 is 26.2 Å². The molecule has 202 valence electrons. The summed E-state index contributed by atoms with van der Waals surface area (Å²) in [6.07, 6.45) is 0.662. The predicted molar refractivity (Wildman–Crippen MR) is 143 cm³/mol. The number of anilines is 2. The minimum atomic E-state index is -0.764. The molecule has 0 aliphatic rings. The quantitative estimate of drug-likeness (QED) is 0.273. The van der Waals surface area contributed by atoms with E-state index in [1.165, 1.54) is 42.1 Å². The number of rotatable bonds is 8. The maximum atomic E-state index is 14.9. The molecule has 0 saturated heterocycles. The van der Waals surface area contributed by atoms with Crippen LogP contribution in [0.25, 0.3) is 5.69 Å². The first-order valence-corrected chi connectivity index (χ1v) is 12.0. The lowest BCUT2D eigenvalue weighted by atomic mass is 10.2. The molecule has 0 radical (unpaired) electrons. The summed E-state index contributed by atoms with van der Waals surface area (Å²) in [7, 11) is 1.67. The van der Waals surface area contributed by atoms with Gasteiger partial charge in [0.05, 0.1) is 17.5 Å². The summed E-state index contributed by atoms with van der Waals surface area (Å²) in [5, 5.41) is 16.8. The van der Waals surface area contributed by atoms with Gasteiger partial charge >= 0.3 is 6.03 Å². The number of hydrogen-bond donors (Lipinski definition) is 4. The van der Waals surface area contributed by atoms with Gasteiger partial charge in [-0.1, -0.05) is 18.2 Å². The minimum Gasteiger partial charge on any atom is -0.454 e. The van der Waals surface area contributed by atoms with Gasteiger partial charge in [-0.3, -0.25) is 19.6 Å². The number of para-hydroxylation sites is 1. The Morgan fingerprint density at radius 2 is 1.85 bits per heavy atom. The number of benzene rings is 2. The number of ether oxygens (including phenoxy) is 1. The van der Waals surface area contributed by atoms with Crippen molar-refractivity contribution in [1.29, 1.82) is 0 Å². The highest BCUT2D eigenvalue weighted by Gasteiger charge is 2.22. The molecule has 11 nitrogen and oxygen atoms in total. The van der Waals surface area contributed by atoms with Gasteiger partial charge in [0.1, 0.15) is 17.1 Å². The predicted octanol–water partition coefficient (Wildman–Crippen LogP) is 3.57. The minimum absolute atomic E-state index is 0.0586. The number of hydrogen-bond acceptors (Lipinski definition) is 6. The number of halogens is 1. The first-order chi connectivity index (χ1) is 18.6. The van der Waals surface area contributed by atoms with Gasteiger partial charge in [-0.25, -0.2) is 18.9 Å². The van der Waals surface area contributed by atoms with E-state index in [-0.39, 0.29) is 35.1 Å². The Bertz CT molecular complexity index is 1560. The van der Waals surface area contributed by atoms with Gasteiger partial charge < -0.3 is 20.5 Å². The van der Waals surface area contributed by atoms with Crippen LogP contribution in [0.15, 0.2) is 71.7 Å². The van der Waals surface area contributed by atoms with Gasteiger partial charge in [-0.05, 0) is 44.2 Å². The molecule has 0 fully saturated rings. The summed E-state index contributed by atoms with van der Waals surface area (Å²) >= 11 is 0. The number of carbonyl (C=O) groups is 2. The van der Waals surface area contributed by atoms with E-state index in [2.05, 4.69) is 20.9 Å². The Kier molecular flexibility index (Phi) is 8.06. The lowest BCUT2D eigenvalue weighted by Gasteiger charge is -2.11. The first-order valence-electron chi connectivity index (χ1n) is 12.0. The third-order valence-electron chi connectivity index (χ3n) is 5.73. The fourth-order valence-corrected chi connectivity index (χ4v) is 3.76. The van der Waals surface area contributed by atoms with Crippen molar-refractivity contribution in [3.63, 3.8) is 0 Å². The molecule has 0 aliphatic carbocycles. The molecule has 1 atom stereocenters. The Balaban J connectivity index is 1.47. The molecule has 2 heterocycles. The van der Waals surface area contributed by atoms with Crippen LogP contribution in [0.3, 0.4) is 0 Å². The number of aliphatic hydroxyl groups excluding tert-OH is 1. The van der Waals surface area contributed by atoms with Crippen LogP contribution in [-0.2, 0) is 7.05 Å². The summed E-state index contributed by atoms with van der Waals surface area (Å²) in [4.78, 5) is 41.9. The fraction of sp³-hybridized carbons (Fsp3) is 0.185. The molecule has 0 saturated carbocycles. The van der Waals surface area contributed by atoms with Gasteiger partial charge in [0.25, 0.3) is 11.5 Å². The Morgan fingerprint density at radius 1 is 1.10 bits per heavy atom. The first kappa shape index (κ1) is 27.1. The van der Waals surface area contributed by atoms with E-state index in [1.54, 1.807) is 42.9 Å². The van der Waals surface area contributed by atoms with Crippen molar-refractivity contribution in [3.05, 3.63) is 94.3 Å². The van der Waals surface area contributed by atoms with Crippen molar-refractivity contribution in [2.45, 2.75) is 20.0 Å². The number of nitrogens with zero attached hydrogens (tertiary/aromatic N) is 3. The fourth-order valence-electron chi connectivity index (χ4n) is 3.76. The smallest absolute Gasteiger partial charge is 0.320 e. The molecule has 0 spiro atoms. The van der Waals surface area contributed by atoms with Crippen LogP contribution in [0.5, 0.6) is 11.5 Å². The van der Waals surface area contributed by atoms with Crippen LogP contribution in [0.4, 0.5) is 20.7 Å². The van der Waals surface area contributed by atoms with Crippen molar-refractivity contribution in [3.8, 4) is 17.2 Å². The van der Waals surface area contributed by atoms with Gasteiger partial charge in [0, 0.05) is 37.6 Å². The van der Waals surface area contributed by atoms with Gasteiger partial charge in [-0.2, -0.15) is 0 Å². The number of aromatic nitrogens is 3. The van der Waals surface area contributed by atoms with E-state index in [4.69, 9.17) is 4.74 Å². The van der Waals surface area contributed by atoms with Gasteiger partial charge in [-0.15, -0.1) is 0 Å². The van der Waals surface area contributed by atoms with Crippen LogP contribution in [0.2, 0.25) is 0 Å². The van der Waals surface area contributed by atoms with Crippen LogP contribution in [0.1, 0.15) is 23.0 Å². The van der Waals surface area contributed by atoms with E-state index in [1.807, 2.05) is 6.07 Å². The summed E-state index contributed by atoms with van der Waals surface area (Å²) in [6, 6.07) is 15.0. The third-order valence-corrected chi connectivity index (χ3v) is 5.73. The van der Waals surface area contributed by atoms with Crippen molar-refractivity contribution in [2.75, 3.05) is 17.2 Å². The molecule has 2 aromatic carbocycles. The Hall–Kier alpha value is -4.97. The summed E-state index contributed by atoms with van der Waals surface area (Å²) < 4.78 is 23.4. The molecule has 3 amide bonds. The number of urea groups is 1. The second kappa shape index (κ2) is 11.6. The average molecular weight is 535 g/mol. The molecule has 4 N–H and O–H groups in total. The molecule has 4 rings (SSSR count). The third kappa shape index (κ3) is 6.30. The second-order valence-electron chi connectivity index (χ2n) is 8.70. The number of pyridine rings is 1. The zero-order valence-electron chi connectivity index (χ0n) is 21.4. The highest BCUT2D eigenvalue weighted by Crippen LogP contribution is 2.28. The molecule has 1 unspecified atom stereocenters. The van der Waals surface area contributed by atoms with E-state index in [9.17, 15) is 23.9 Å². The van der Waals surface area contributed by atoms with Crippen LogP contribution in [-0.4, -0.2) is 44.0 Å². The van der Waals surface area contributed by atoms with Crippen molar-refractivity contribution < 1.29 is 23.8 Å². The van der Waals surface area contributed by atoms with Gasteiger partial charge in [0.2, 0.25) is 0 Å². The SMILES string of the molecule is Cc1c(C(=O)Nc2ccc(Oc3ccnc(NC(=O)NCC(C)O)c3)c(F)c2)c(=O)n(-c2ccccc2)n1C. The number of carbonyl (C=O) groups excluding carboxylic acids is 2. The summed E-state index contributed by atoms with van der Waals surface area (Å²) in [5.41, 5.74) is 0.626.